The first-order valence-electron chi connectivity index (χ1n) is 24.6. The molecule has 7 heteroatoms. The smallest absolute Gasteiger partial charge is 0.307 e. The molecule has 0 unspecified atom stereocenters. The highest BCUT2D eigenvalue weighted by Crippen LogP contribution is 2.11. The Morgan fingerprint density at radius 2 is 0.862 bits per heavy atom. The fraction of sp³-hybridized carbons (Fsp3) is 0.804. The van der Waals surface area contributed by atoms with Crippen LogP contribution in [0.1, 0.15) is 194 Å². The lowest BCUT2D eigenvalue weighted by atomic mass is 10.1. The van der Waals surface area contributed by atoms with Crippen molar-refractivity contribution in [3.8, 4) is 0 Å². The van der Waals surface area contributed by atoms with Gasteiger partial charge in [0.1, 0.15) is 0 Å². The van der Waals surface area contributed by atoms with Crippen LogP contribution >= 0.6 is 0 Å². The number of ether oxygens (including phenoxy) is 2. The van der Waals surface area contributed by atoms with E-state index in [2.05, 4.69) is 84.2 Å². The van der Waals surface area contributed by atoms with Crippen LogP contribution in [0.15, 0.2) is 48.6 Å². The summed E-state index contributed by atoms with van der Waals surface area (Å²) in [6, 6.07) is 0. The maximum atomic E-state index is 12.6. The van der Waals surface area contributed by atoms with Crippen LogP contribution in [-0.4, -0.2) is 99.3 Å². The van der Waals surface area contributed by atoms with E-state index in [1.54, 1.807) is 0 Å². The number of esters is 2. The van der Waals surface area contributed by atoms with Gasteiger partial charge in [-0.2, -0.15) is 0 Å². The Morgan fingerprint density at radius 3 is 1.29 bits per heavy atom. The van der Waals surface area contributed by atoms with E-state index in [0.29, 0.717) is 39.1 Å². The second kappa shape index (κ2) is 42.9. The minimum absolute atomic E-state index is 0.120. The van der Waals surface area contributed by atoms with E-state index in [9.17, 15) is 9.59 Å². The van der Waals surface area contributed by atoms with Crippen molar-refractivity contribution in [3.63, 3.8) is 0 Å². The molecule has 58 heavy (non-hydrogen) atoms. The summed E-state index contributed by atoms with van der Waals surface area (Å²) in [5.41, 5.74) is 0. The van der Waals surface area contributed by atoms with Gasteiger partial charge in [-0.15, -0.1) is 0 Å². The van der Waals surface area contributed by atoms with Gasteiger partial charge in [-0.25, -0.2) is 0 Å². The molecule has 0 amide bonds. The van der Waals surface area contributed by atoms with E-state index < -0.39 is 0 Å². The average molecular weight is 812 g/mol. The minimum Gasteiger partial charge on any atom is -0.466 e. The van der Waals surface area contributed by atoms with Crippen LogP contribution in [-0.2, 0) is 19.1 Å². The maximum absolute atomic E-state index is 12.6. The van der Waals surface area contributed by atoms with Crippen LogP contribution in [0.3, 0.4) is 0 Å². The number of likely N-dealkylation sites (N-methyl/N-ethyl adjacent to an activating group) is 1. The number of allylic oxidation sites excluding steroid dienone is 8. The normalized spacial score (nSPS) is 14.3. The number of piperazine rings is 1. The molecule has 0 aromatic heterocycles. The summed E-state index contributed by atoms with van der Waals surface area (Å²) in [5.74, 6) is -0.241. The molecule has 1 aliphatic rings. The van der Waals surface area contributed by atoms with Gasteiger partial charge in [0, 0.05) is 39.3 Å². The molecule has 336 valence electrons. The van der Waals surface area contributed by atoms with Gasteiger partial charge in [0.15, 0.2) is 0 Å². The summed E-state index contributed by atoms with van der Waals surface area (Å²) in [6.07, 6.45) is 50.3. The highest BCUT2D eigenvalue weighted by atomic mass is 16.5. The first kappa shape index (κ1) is 53.8. The van der Waals surface area contributed by atoms with Gasteiger partial charge in [-0.1, -0.05) is 140 Å². The Labute approximate surface area is 359 Å². The molecule has 1 heterocycles. The summed E-state index contributed by atoms with van der Waals surface area (Å²) >= 11 is 0. The topological polar surface area (TPSA) is 62.3 Å². The predicted octanol–water partition coefficient (Wildman–Crippen LogP) is 12.8. The van der Waals surface area contributed by atoms with Gasteiger partial charge in [-0.3, -0.25) is 9.59 Å². The lowest BCUT2D eigenvalue weighted by Crippen LogP contribution is -2.44. The number of unbranched alkanes of at least 4 members (excludes halogenated alkanes) is 19. The van der Waals surface area contributed by atoms with Gasteiger partial charge in [-0.05, 0) is 110 Å². The first-order chi connectivity index (χ1) is 28.5. The molecule has 0 aromatic rings. The van der Waals surface area contributed by atoms with Crippen molar-refractivity contribution in [2.24, 2.45) is 0 Å². The Morgan fingerprint density at radius 1 is 0.466 bits per heavy atom. The molecule has 0 saturated carbocycles. The molecule has 0 atom stereocenters. The van der Waals surface area contributed by atoms with E-state index in [-0.39, 0.29) is 11.9 Å². The van der Waals surface area contributed by atoms with E-state index in [1.165, 1.54) is 116 Å². The molecular weight excluding hydrogens is 719 g/mol. The molecule has 0 spiro atoms. The summed E-state index contributed by atoms with van der Waals surface area (Å²) in [4.78, 5) is 32.5. The summed E-state index contributed by atoms with van der Waals surface area (Å²) < 4.78 is 11.2. The number of nitrogens with zero attached hydrogens (tertiary/aromatic N) is 3. The predicted molar refractivity (Wildman–Crippen MR) is 249 cm³/mol. The average Bonchev–Trinajstić information content (AvgIpc) is 3.23. The molecule has 1 rings (SSSR count). The largest absolute Gasteiger partial charge is 0.466 e. The lowest BCUT2D eigenvalue weighted by Gasteiger charge is -2.32. The van der Waals surface area contributed by atoms with Crippen molar-refractivity contribution in [2.75, 3.05) is 72.6 Å². The third-order valence-corrected chi connectivity index (χ3v) is 11.3. The van der Waals surface area contributed by atoms with Crippen molar-refractivity contribution in [1.82, 2.24) is 14.7 Å². The van der Waals surface area contributed by atoms with E-state index in [0.717, 1.165) is 90.6 Å². The molecule has 1 aliphatic heterocycles. The monoisotopic (exact) mass is 812 g/mol. The summed E-state index contributed by atoms with van der Waals surface area (Å²) in [6.45, 7) is 13.4. The van der Waals surface area contributed by atoms with Gasteiger partial charge in [0.25, 0.3) is 0 Å². The van der Waals surface area contributed by atoms with Crippen molar-refractivity contribution >= 4 is 11.9 Å². The highest BCUT2D eigenvalue weighted by molar-refractivity contribution is 5.70. The molecule has 7 nitrogen and oxygen atoms in total. The fourth-order valence-electron chi connectivity index (χ4n) is 7.27. The zero-order chi connectivity index (χ0) is 41.8. The Hall–Kier alpha value is -2.22. The number of hydrogen-bond acceptors (Lipinski definition) is 7. The summed E-state index contributed by atoms with van der Waals surface area (Å²) in [7, 11) is 2.20. The number of rotatable bonds is 41. The van der Waals surface area contributed by atoms with Gasteiger partial charge >= 0.3 is 11.9 Å². The molecule has 0 aromatic carbocycles. The molecule has 0 N–H and O–H groups in total. The van der Waals surface area contributed by atoms with Crippen LogP contribution in [0, 0.1) is 0 Å². The maximum Gasteiger partial charge on any atom is 0.307 e. The molecule has 0 radical (unpaired) electrons. The van der Waals surface area contributed by atoms with Crippen molar-refractivity contribution < 1.29 is 19.1 Å². The Bertz CT molecular complexity index is 967. The van der Waals surface area contributed by atoms with Gasteiger partial charge < -0.3 is 24.2 Å². The molecular formula is C51H93N3O4. The van der Waals surface area contributed by atoms with Crippen LogP contribution < -0.4 is 0 Å². The van der Waals surface area contributed by atoms with E-state index in [4.69, 9.17) is 9.47 Å². The van der Waals surface area contributed by atoms with E-state index in [1.807, 2.05) is 0 Å². The van der Waals surface area contributed by atoms with E-state index >= 15 is 0 Å². The van der Waals surface area contributed by atoms with Gasteiger partial charge in [0.05, 0.1) is 26.1 Å². The summed E-state index contributed by atoms with van der Waals surface area (Å²) in [5, 5.41) is 0. The second-order valence-electron chi connectivity index (χ2n) is 16.8. The second-order valence-corrected chi connectivity index (χ2v) is 16.8. The SMILES string of the molecule is CCCCC/C=C\C/C=C\CCCCCCCCOC(=O)CCN(CCCCN1CCN(C)CC1)CCC(=O)OCCCCCCCC/C=C\C/C=C\CCCCC. The van der Waals surface area contributed by atoms with Crippen LogP contribution in [0.2, 0.25) is 0 Å². The van der Waals surface area contributed by atoms with Crippen LogP contribution in [0.4, 0.5) is 0 Å². The standard InChI is InChI=1S/C51H93N3O4/c1-4-6-8-10-12-14-16-18-20-22-24-26-28-30-32-36-48-57-50(55)38-42-53(40-34-35-41-54-46-44-52(3)45-47-54)43-39-51(56)58-49-37-33-31-29-27-25-23-21-19-17-15-13-11-9-7-5-2/h12-15,18-21H,4-11,16-17,22-49H2,1-3H3/b14-12-,15-13-,20-18-,21-19-. The van der Waals surface area contributed by atoms with Gasteiger partial charge in [0.2, 0.25) is 0 Å². The third-order valence-electron chi connectivity index (χ3n) is 11.3. The van der Waals surface area contributed by atoms with Crippen LogP contribution in [0.25, 0.3) is 0 Å². The zero-order valence-electron chi connectivity index (χ0n) is 38.5. The number of carbonyl (C=O) groups excluding carboxylic acids is 2. The molecule has 0 aliphatic carbocycles. The molecule has 0 bridgehead atoms. The van der Waals surface area contributed by atoms with Crippen molar-refractivity contribution in [2.45, 2.75) is 194 Å². The zero-order valence-corrected chi connectivity index (χ0v) is 38.5. The third kappa shape index (κ3) is 38.0. The Balaban J connectivity index is 2.17. The van der Waals surface area contributed by atoms with Crippen molar-refractivity contribution in [1.29, 1.82) is 0 Å². The quantitative estimate of drug-likeness (QED) is 0.0346. The number of hydrogen-bond donors (Lipinski definition) is 0. The van der Waals surface area contributed by atoms with Crippen LogP contribution in [0.5, 0.6) is 0 Å². The van der Waals surface area contributed by atoms with Crippen molar-refractivity contribution in [3.05, 3.63) is 48.6 Å². The fourth-order valence-corrected chi connectivity index (χ4v) is 7.27. The first-order valence-corrected chi connectivity index (χ1v) is 24.6. The Kier molecular flexibility index (Phi) is 39.8. The lowest BCUT2D eigenvalue weighted by molar-refractivity contribution is -0.144. The highest BCUT2D eigenvalue weighted by Gasteiger charge is 2.15. The molecule has 1 fully saturated rings. The molecule has 1 saturated heterocycles. The number of carbonyl (C=O) groups is 2. The minimum atomic E-state index is -0.120.